The molecule has 19 heavy (non-hydrogen) atoms. The molecule has 3 heteroatoms. The summed E-state index contributed by atoms with van der Waals surface area (Å²) in [5, 5.41) is 0. The Bertz CT molecular complexity index is 388. The number of hydrogen-bond donors (Lipinski definition) is 0. The van der Waals surface area contributed by atoms with Crippen molar-refractivity contribution in [3.63, 3.8) is 0 Å². The highest BCUT2D eigenvalue weighted by atomic mass is 79.9. The average Bonchev–Trinajstić information content (AvgIpc) is 2.34. The van der Waals surface area contributed by atoms with Crippen LogP contribution in [-0.4, -0.2) is 17.5 Å². The first kappa shape index (κ1) is 16.6. The van der Waals surface area contributed by atoms with Crippen molar-refractivity contribution < 1.29 is 4.39 Å². The van der Waals surface area contributed by atoms with E-state index in [0.717, 1.165) is 25.9 Å². The van der Waals surface area contributed by atoms with E-state index in [1.165, 1.54) is 5.56 Å². The van der Waals surface area contributed by atoms with Gasteiger partial charge < -0.3 is 0 Å². The molecule has 0 heterocycles. The van der Waals surface area contributed by atoms with Crippen LogP contribution in [0.15, 0.2) is 22.7 Å². The minimum Gasteiger partial charge on any atom is -0.296 e. The van der Waals surface area contributed by atoms with Gasteiger partial charge in [0.05, 0.1) is 4.47 Å². The summed E-state index contributed by atoms with van der Waals surface area (Å²) in [4.78, 5) is 2.52. The Labute approximate surface area is 125 Å². The van der Waals surface area contributed by atoms with Crippen LogP contribution in [0.25, 0.3) is 0 Å². The highest BCUT2D eigenvalue weighted by Gasteiger charge is 2.17. The minimum atomic E-state index is -0.193. The molecule has 108 valence electrons. The summed E-state index contributed by atoms with van der Waals surface area (Å²) in [5.74, 6) is 0.450. The maximum Gasteiger partial charge on any atom is 0.137 e. The molecule has 0 amide bonds. The fourth-order valence-corrected chi connectivity index (χ4v) is 2.92. The van der Waals surface area contributed by atoms with Gasteiger partial charge in [-0.25, -0.2) is 4.39 Å². The van der Waals surface area contributed by atoms with E-state index in [4.69, 9.17) is 0 Å². The summed E-state index contributed by atoms with van der Waals surface area (Å²) >= 11 is 3.26. The van der Waals surface area contributed by atoms with Crippen LogP contribution in [0, 0.1) is 11.7 Å². The monoisotopic (exact) mass is 329 g/mol. The van der Waals surface area contributed by atoms with Crippen LogP contribution in [0.1, 0.15) is 46.1 Å². The predicted molar refractivity (Wildman–Crippen MR) is 83.7 cm³/mol. The molecule has 0 N–H and O–H groups in total. The van der Waals surface area contributed by atoms with E-state index in [1.54, 1.807) is 6.07 Å². The lowest BCUT2D eigenvalue weighted by atomic mass is 10.1. The summed E-state index contributed by atoms with van der Waals surface area (Å²) in [7, 11) is 0. The van der Waals surface area contributed by atoms with Gasteiger partial charge in [-0.2, -0.15) is 0 Å². The molecule has 0 unspecified atom stereocenters. The maximum atomic E-state index is 13.3. The number of nitrogens with zero attached hydrogens (tertiary/aromatic N) is 1. The van der Waals surface area contributed by atoms with Gasteiger partial charge in [-0.1, -0.05) is 33.8 Å². The van der Waals surface area contributed by atoms with Gasteiger partial charge in [0, 0.05) is 19.1 Å². The Morgan fingerprint density at radius 3 is 2.32 bits per heavy atom. The van der Waals surface area contributed by atoms with Crippen LogP contribution < -0.4 is 0 Å². The average molecular weight is 330 g/mol. The lowest BCUT2D eigenvalue weighted by molar-refractivity contribution is 0.157. The van der Waals surface area contributed by atoms with Gasteiger partial charge in [-0.3, -0.25) is 4.90 Å². The lowest BCUT2D eigenvalue weighted by Crippen LogP contribution is -2.36. The van der Waals surface area contributed by atoms with Crippen molar-refractivity contribution in [2.24, 2.45) is 5.92 Å². The van der Waals surface area contributed by atoms with Crippen molar-refractivity contribution in [2.45, 2.75) is 53.1 Å². The molecule has 1 rings (SSSR count). The van der Waals surface area contributed by atoms with Gasteiger partial charge in [0.25, 0.3) is 0 Å². The molecule has 0 aliphatic heterocycles. The van der Waals surface area contributed by atoms with E-state index in [0.29, 0.717) is 16.4 Å². The molecule has 0 aromatic heterocycles. The first-order chi connectivity index (χ1) is 8.97. The van der Waals surface area contributed by atoms with Gasteiger partial charge in [0.15, 0.2) is 0 Å². The van der Waals surface area contributed by atoms with E-state index < -0.39 is 0 Å². The predicted octanol–water partition coefficient (Wildman–Crippen LogP) is 5.23. The maximum absolute atomic E-state index is 13.3. The third-order valence-corrected chi connectivity index (χ3v) is 4.04. The van der Waals surface area contributed by atoms with Crippen LogP contribution in [0.4, 0.5) is 4.39 Å². The third kappa shape index (κ3) is 5.23. The van der Waals surface area contributed by atoms with Gasteiger partial charge in [0.2, 0.25) is 0 Å². The second kappa shape index (κ2) is 8.01. The quantitative estimate of drug-likeness (QED) is 0.661. The Morgan fingerprint density at radius 2 is 1.84 bits per heavy atom. The summed E-state index contributed by atoms with van der Waals surface area (Å²) in [6.07, 6.45) is 2.32. The Morgan fingerprint density at radius 1 is 1.21 bits per heavy atom. The van der Waals surface area contributed by atoms with E-state index in [-0.39, 0.29) is 5.82 Å². The summed E-state index contributed by atoms with van der Waals surface area (Å²) in [5.41, 5.74) is 1.17. The first-order valence-electron chi connectivity index (χ1n) is 7.15. The molecule has 0 atom stereocenters. The van der Waals surface area contributed by atoms with Crippen LogP contribution >= 0.6 is 15.9 Å². The van der Waals surface area contributed by atoms with Crippen LogP contribution in [-0.2, 0) is 6.54 Å². The van der Waals surface area contributed by atoms with E-state index in [1.807, 2.05) is 12.1 Å². The van der Waals surface area contributed by atoms with Gasteiger partial charge >= 0.3 is 0 Å². The zero-order chi connectivity index (χ0) is 14.4. The van der Waals surface area contributed by atoms with Crippen LogP contribution in [0.3, 0.4) is 0 Å². The van der Waals surface area contributed by atoms with E-state index in [9.17, 15) is 4.39 Å². The SMILES string of the molecule is CCC(CC)N(Cc1ccc(F)c(Br)c1)CC(C)C. The summed E-state index contributed by atoms with van der Waals surface area (Å²) in [6, 6.07) is 5.92. The van der Waals surface area contributed by atoms with Crippen LogP contribution in [0.5, 0.6) is 0 Å². The molecule has 0 fully saturated rings. The molecule has 0 bridgehead atoms. The molecular weight excluding hydrogens is 305 g/mol. The van der Waals surface area contributed by atoms with Gasteiger partial charge in [-0.05, 0) is 52.4 Å². The topological polar surface area (TPSA) is 3.24 Å². The van der Waals surface area contributed by atoms with E-state index in [2.05, 4.69) is 48.5 Å². The number of hydrogen-bond acceptors (Lipinski definition) is 1. The second-order valence-corrected chi connectivity index (χ2v) is 6.40. The Hall–Kier alpha value is -0.410. The van der Waals surface area contributed by atoms with Crippen molar-refractivity contribution in [1.82, 2.24) is 4.90 Å². The fourth-order valence-electron chi connectivity index (χ4n) is 2.49. The van der Waals surface area contributed by atoms with Crippen molar-refractivity contribution in [3.8, 4) is 0 Å². The standard InChI is InChI=1S/C16H25BrFN/c1-5-14(6-2)19(10-12(3)4)11-13-7-8-16(18)15(17)9-13/h7-9,12,14H,5-6,10-11H2,1-4H3. The number of rotatable bonds is 7. The minimum absolute atomic E-state index is 0.193. The highest BCUT2D eigenvalue weighted by Crippen LogP contribution is 2.20. The molecule has 0 radical (unpaired) electrons. The Kier molecular flexibility index (Phi) is 7.01. The third-order valence-electron chi connectivity index (χ3n) is 3.43. The molecule has 0 aliphatic rings. The fraction of sp³-hybridized carbons (Fsp3) is 0.625. The van der Waals surface area contributed by atoms with E-state index >= 15 is 0 Å². The number of halogens is 2. The smallest absolute Gasteiger partial charge is 0.137 e. The van der Waals surface area contributed by atoms with Crippen molar-refractivity contribution in [3.05, 3.63) is 34.1 Å². The molecule has 0 saturated heterocycles. The Balaban J connectivity index is 2.83. The highest BCUT2D eigenvalue weighted by molar-refractivity contribution is 9.10. The van der Waals surface area contributed by atoms with Crippen molar-refractivity contribution in [2.75, 3.05) is 6.54 Å². The molecule has 1 aromatic rings. The lowest BCUT2D eigenvalue weighted by Gasteiger charge is -2.32. The zero-order valence-corrected chi connectivity index (χ0v) is 14.0. The number of benzene rings is 1. The van der Waals surface area contributed by atoms with Crippen LogP contribution in [0.2, 0.25) is 0 Å². The molecule has 0 aliphatic carbocycles. The second-order valence-electron chi connectivity index (χ2n) is 5.54. The van der Waals surface area contributed by atoms with Gasteiger partial charge in [-0.15, -0.1) is 0 Å². The molecule has 1 aromatic carbocycles. The molecular formula is C16H25BrFN. The largest absolute Gasteiger partial charge is 0.296 e. The van der Waals surface area contributed by atoms with Gasteiger partial charge in [0.1, 0.15) is 5.82 Å². The molecule has 0 saturated carbocycles. The van der Waals surface area contributed by atoms with Crippen molar-refractivity contribution in [1.29, 1.82) is 0 Å². The van der Waals surface area contributed by atoms with Crippen molar-refractivity contribution >= 4 is 15.9 Å². The zero-order valence-electron chi connectivity index (χ0n) is 12.4. The summed E-state index contributed by atoms with van der Waals surface area (Å²) < 4.78 is 13.8. The molecule has 0 spiro atoms. The summed E-state index contributed by atoms with van der Waals surface area (Å²) in [6.45, 7) is 10.9. The molecule has 1 nitrogen and oxygen atoms in total. The first-order valence-corrected chi connectivity index (χ1v) is 7.95. The normalized spacial score (nSPS) is 11.8.